The molecule has 1 aromatic rings. The molecular weight excluding hydrogens is 218 g/mol. The van der Waals surface area contributed by atoms with E-state index < -0.39 is 10.0 Å². The third-order valence-corrected chi connectivity index (χ3v) is 3.35. The molecule has 6 nitrogen and oxygen atoms in total. The minimum Gasteiger partial charge on any atom is -0.383 e. The van der Waals surface area contributed by atoms with E-state index >= 15 is 0 Å². The van der Waals surface area contributed by atoms with Crippen LogP contribution in [0.5, 0.6) is 0 Å². The molecule has 0 bridgehead atoms. The van der Waals surface area contributed by atoms with Crippen molar-refractivity contribution in [2.24, 2.45) is 0 Å². The van der Waals surface area contributed by atoms with Gasteiger partial charge in [-0.25, -0.2) is 8.42 Å². The summed E-state index contributed by atoms with van der Waals surface area (Å²) >= 11 is 0. The van der Waals surface area contributed by atoms with E-state index in [4.69, 9.17) is 4.74 Å². The minimum absolute atomic E-state index is 0.0421. The summed E-state index contributed by atoms with van der Waals surface area (Å²) in [5, 5.41) is 7.04. The molecule has 0 aliphatic carbocycles. The van der Waals surface area contributed by atoms with Gasteiger partial charge in [-0.15, -0.1) is 0 Å². The predicted molar refractivity (Wildman–Crippen MR) is 53.9 cm³/mol. The van der Waals surface area contributed by atoms with E-state index in [1.165, 1.54) is 0 Å². The molecule has 0 spiro atoms. The molecule has 1 aliphatic rings. The lowest BCUT2D eigenvalue weighted by molar-refractivity contribution is 0.171. The fourth-order valence-corrected chi connectivity index (χ4v) is 2.55. The number of methoxy groups -OCH3 is 1. The zero-order chi connectivity index (χ0) is 11.1. The van der Waals surface area contributed by atoms with Crippen molar-refractivity contribution < 1.29 is 13.2 Å². The van der Waals surface area contributed by atoms with Crippen molar-refractivity contribution in [2.45, 2.75) is 12.6 Å². The van der Waals surface area contributed by atoms with Crippen LogP contribution in [0.25, 0.3) is 0 Å². The Bertz CT molecular complexity index is 465. The average Bonchev–Trinajstić information content (AvgIpc) is 2.66. The quantitative estimate of drug-likeness (QED) is 0.758. The third kappa shape index (κ3) is 1.77. The highest BCUT2D eigenvalue weighted by Crippen LogP contribution is 2.25. The van der Waals surface area contributed by atoms with E-state index in [1.54, 1.807) is 13.3 Å². The van der Waals surface area contributed by atoms with Crippen LogP contribution in [0.2, 0.25) is 0 Å². The van der Waals surface area contributed by atoms with Crippen LogP contribution in [0.4, 0.5) is 0 Å². The smallest absolute Gasteiger partial charge is 0.251 e. The first-order chi connectivity index (χ1) is 7.04. The van der Waals surface area contributed by atoms with Gasteiger partial charge in [0.15, 0.2) is 0 Å². The molecule has 0 saturated heterocycles. The van der Waals surface area contributed by atoms with Crippen LogP contribution >= 0.6 is 0 Å². The molecule has 0 amide bonds. The standard InChI is InChI=1S/C8H13N3O3S/c1-14-5-7-6-3-10-11(15(2,12)13)8(6)4-9-7/h3,7,9H,4-5H2,1-2H3. The fourth-order valence-electron chi connectivity index (χ4n) is 1.76. The van der Waals surface area contributed by atoms with Gasteiger partial charge in [-0.05, 0) is 0 Å². The molecule has 1 atom stereocenters. The van der Waals surface area contributed by atoms with Gasteiger partial charge < -0.3 is 10.1 Å². The molecule has 1 N–H and O–H groups in total. The van der Waals surface area contributed by atoms with Gasteiger partial charge in [0.2, 0.25) is 0 Å². The van der Waals surface area contributed by atoms with Crippen molar-refractivity contribution in [2.75, 3.05) is 20.0 Å². The highest BCUT2D eigenvalue weighted by Gasteiger charge is 2.28. The molecule has 0 aromatic carbocycles. The second kappa shape index (κ2) is 3.58. The normalized spacial score (nSPS) is 20.5. The molecule has 1 aliphatic heterocycles. The Kier molecular flexibility index (Phi) is 2.53. The maximum Gasteiger partial charge on any atom is 0.251 e. The molecular formula is C8H13N3O3S. The van der Waals surface area contributed by atoms with Crippen molar-refractivity contribution in [3.8, 4) is 0 Å². The van der Waals surface area contributed by atoms with E-state index in [0.717, 1.165) is 15.9 Å². The average molecular weight is 231 g/mol. The van der Waals surface area contributed by atoms with Crippen LogP contribution in [0.3, 0.4) is 0 Å². The molecule has 1 aromatic heterocycles. The number of nitrogens with one attached hydrogen (secondary N) is 1. The fraction of sp³-hybridized carbons (Fsp3) is 0.625. The first-order valence-electron chi connectivity index (χ1n) is 4.53. The van der Waals surface area contributed by atoms with E-state index in [2.05, 4.69) is 10.4 Å². The van der Waals surface area contributed by atoms with Crippen molar-refractivity contribution >= 4 is 10.0 Å². The second-order valence-corrected chi connectivity index (χ2v) is 5.35. The Hall–Kier alpha value is -0.920. The van der Waals surface area contributed by atoms with Gasteiger partial charge in [-0.2, -0.15) is 9.19 Å². The van der Waals surface area contributed by atoms with Gasteiger partial charge in [0.25, 0.3) is 10.0 Å². The van der Waals surface area contributed by atoms with Crippen molar-refractivity contribution in [3.63, 3.8) is 0 Å². The number of fused-ring (bicyclic) bond motifs is 1. The van der Waals surface area contributed by atoms with Gasteiger partial charge in [0.05, 0.1) is 30.8 Å². The van der Waals surface area contributed by atoms with Crippen molar-refractivity contribution in [3.05, 3.63) is 17.5 Å². The van der Waals surface area contributed by atoms with Gasteiger partial charge in [-0.1, -0.05) is 0 Å². The molecule has 0 radical (unpaired) electrons. The van der Waals surface area contributed by atoms with Gasteiger partial charge in [-0.3, -0.25) is 0 Å². The summed E-state index contributed by atoms with van der Waals surface area (Å²) in [5.41, 5.74) is 1.61. The molecule has 84 valence electrons. The van der Waals surface area contributed by atoms with E-state index in [1.807, 2.05) is 0 Å². The summed E-state index contributed by atoms with van der Waals surface area (Å²) < 4.78 is 28.8. The van der Waals surface area contributed by atoms with Crippen LogP contribution in [0.15, 0.2) is 6.20 Å². The lowest BCUT2D eigenvalue weighted by Crippen LogP contribution is -2.19. The number of hydrogen-bond donors (Lipinski definition) is 1. The summed E-state index contributed by atoms with van der Waals surface area (Å²) in [5.74, 6) is 0. The first kappa shape index (κ1) is 10.6. The summed E-state index contributed by atoms with van der Waals surface area (Å²) in [6.45, 7) is 1.03. The molecule has 0 fully saturated rings. The zero-order valence-corrected chi connectivity index (χ0v) is 9.41. The van der Waals surface area contributed by atoms with Gasteiger partial charge in [0, 0.05) is 19.2 Å². The Morgan fingerprint density at radius 3 is 3.07 bits per heavy atom. The molecule has 15 heavy (non-hydrogen) atoms. The largest absolute Gasteiger partial charge is 0.383 e. The number of rotatable bonds is 3. The van der Waals surface area contributed by atoms with Crippen LogP contribution in [-0.4, -0.2) is 37.6 Å². The highest BCUT2D eigenvalue weighted by molar-refractivity contribution is 7.89. The maximum atomic E-state index is 11.4. The van der Waals surface area contributed by atoms with Crippen molar-refractivity contribution in [1.82, 2.24) is 14.5 Å². The van der Waals surface area contributed by atoms with Gasteiger partial charge >= 0.3 is 0 Å². The Morgan fingerprint density at radius 2 is 2.47 bits per heavy atom. The monoisotopic (exact) mass is 231 g/mol. The highest BCUT2D eigenvalue weighted by atomic mass is 32.2. The van der Waals surface area contributed by atoms with E-state index in [-0.39, 0.29) is 6.04 Å². The number of aromatic nitrogens is 2. The minimum atomic E-state index is -3.30. The Balaban J connectivity index is 2.39. The Morgan fingerprint density at radius 1 is 1.73 bits per heavy atom. The first-order valence-corrected chi connectivity index (χ1v) is 6.38. The summed E-state index contributed by atoms with van der Waals surface area (Å²) in [6.07, 6.45) is 2.73. The molecule has 1 unspecified atom stereocenters. The number of nitrogens with zero attached hydrogens (tertiary/aromatic N) is 2. The Labute approximate surface area is 88.3 Å². The number of hydrogen-bond acceptors (Lipinski definition) is 5. The van der Waals surface area contributed by atoms with Crippen molar-refractivity contribution in [1.29, 1.82) is 0 Å². The molecule has 0 saturated carbocycles. The SMILES string of the molecule is COCC1NCc2c1cnn2S(C)(=O)=O. The molecule has 7 heteroatoms. The van der Waals surface area contributed by atoms with E-state index in [9.17, 15) is 8.42 Å². The number of ether oxygens (including phenoxy) is 1. The third-order valence-electron chi connectivity index (χ3n) is 2.40. The lowest BCUT2D eigenvalue weighted by Gasteiger charge is -2.07. The summed E-state index contributed by atoms with van der Waals surface area (Å²) in [7, 11) is -1.69. The van der Waals surface area contributed by atoms with Gasteiger partial charge in [0.1, 0.15) is 0 Å². The molecule has 2 rings (SSSR count). The lowest BCUT2D eigenvalue weighted by atomic mass is 10.2. The topological polar surface area (TPSA) is 73.2 Å². The van der Waals surface area contributed by atoms with Crippen LogP contribution in [-0.2, 0) is 21.3 Å². The van der Waals surface area contributed by atoms with Crippen LogP contribution < -0.4 is 5.32 Å². The predicted octanol–water partition coefficient (Wildman–Crippen LogP) is -0.519. The molecule has 2 heterocycles. The maximum absolute atomic E-state index is 11.4. The summed E-state index contributed by atoms with van der Waals surface area (Å²) in [6, 6.07) is 0.0421. The van der Waals surface area contributed by atoms with Crippen LogP contribution in [0, 0.1) is 0 Å². The zero-order valence-electron chi connectivity index (χ0n) is 8.60. The second-order valence-electron chi connectivity index (χ2n) is 3.54. The summed E-state index contributed by atoms with van der Waals surface area (Å²) in [4.78, 5) is 0. The van der Waals surface area contributed by atoms with Crippen LogP contribution in [0.1, 0.15) is 17.3 Å². The van der Waals surface area contributed by atoms with E-state index in [0.29, 0.717) is 18.8 Å².